The van der Waals surface area contributed by atoms with Crippen LogP contribution in [0.25, 0.3) is 0 Å². The molecule has 0 aliphatic heterocycles. The van der Waals surface area contributed by atoms with Gasteiger partial charge in [-0.3, -0.25) is 4.79 Å². The smallest absolute Gasteiger partial charge is 0.337 e. The molecule has 0 aliphatic carbocycles. The van der Waals surface area contributed by atoms with Crippen LogP contribution in [0.4, 0.5) is 5.69 Å². The van der Waals surface area contributed by atoms with E-state index in [2.05, 4.69) is 5.32 Å². The number of ether oxygens (including phenoxy) is 2. The van der Waals surface area contributed by atoms with E-state index in [1.165, 1.54) is 7.11 Å². The molecule has 25 heavy (non-hydrogen) atoms. The Bertz CT molecular complexity index is 804. The van der Waals surface area contributed by atoms with Crippen molar-refractivity contribution in [2.75, 3.05) is 12.4 Å². The molecule has 1 N–H and O–H groups in total. The van der Waals surface area contributed by atoms with Gasteiger partial charge in [-0.1, -0.05) is 17.7 Å². The van der Waals surface area contributed by atoms with Crippen LogP contribution in [0.3, 0.4) is 0 Å². The predicted octanol–water partition coefficient (Wildman–Crippen LogP) is 4.15. The summed E-state index contributed by atoms with van der Waals surface area (Å²) in [6.45, 7) is 5.35. The SMILES string of the molecule is COC(=O)c1ccc(C)c(NC(=O)C(C)Oc2ccc(Cl)cc2C)c1. The highest BCUT2D eigenvalue weighted by molar-refractivity contribution is 6.30. The lowest BCUT2D eigenvalue weighted by Crippen LogP contribution is -2.30. The Morgan fingerprint density at radius 3 is 2.44 bits per heavy atom. The van der Waals surface area contributed by atoms with Crippen LogP contribution in [0.1, 0.15) is 28.4 Å². The second-order valence-corrected chi connectivity index (χ2v) is 6.12. The lowest BCUT2D eigenvalue weighted by atomic mass is 10.1. The second-order valence-electron chi connectivity index (χ2n) is 5.68. The van der Waals surface area contributed by atoms with E-state index in [1.54, 1.807) is 43.3 Å². The van der Waals surface area contributed by atoms with Crippen LogP contribution >= 0.6 is 11.6 Å². The van der Waals surface area contributed by atoms with Gasteiger partial charge in [-0.15, -0.1) is 0 Å². The monoisotopic (exact) mass is 361 g/mol. The van der Waals surface area contributed by atoms with Crippen molar-refractivity contribution in [1.82, 2.24) is 0 Å². The van der Waals surface area contributed by atoms with Gasteiger partial charge in [-0.2, -0.15) is 0 Å². The standard InChI is InChI=1S/C19H20ClNO4/c1-11-5-6-14(19(23)24-4)10-16(11)21-18(22)13(3)25-17-8-7-15(20)9-12(17)2/h5-10,13H,1-4H3,(H,21,22). The molecule has 2 aromatic rings. The molecule has 5 nitrogen and oxygen atoms in total. The van der Waals surface area contributed by atoms with E-state index in [-0.39, 0.29) is 5.91 Å². The number of carbonyl (C=O) groups excluding carboxylic acids is 2. The maximum Gasteiger partial charge on any atom is 0.337 e. The van der Waals surface area contributed by atoms with Crippen molar-refractivity contribution in [2.24, 2.45) is 0 Å². The molecular weight excluding hydrogens is 342 g/mol. The number of carbonyl (C=O) groups is 2. The highest BCUT2D eigenvalue weighted by atomic mass is 35.5. The van der Waals surface area contributed by atoms with Gasteiger partial charge in [0, 0.05) is 10.7 Å². The number of hydrogen-bond acceptors (Lipinski definition) is 4. The first-order valence-corrected chi connectivity index (χ1v) is 8.12. The Labute approximate surface area is 151 Å². The first-order valence-electron chi connectivity index (χ1n) is 7.74. The quantitative estimate of drug-likeness (QED) is 0.812. The van der Waals surface area contributed by atoms with Gasteiger partial charge in [-0.05, 0) is 62.2 Å². The highest BCUT2D eigenvalue weighted by Crippen LogP contribution is 2.23. The van der Waals surface area contributed by atoms with Gasteiger partial charge in [0.05, 0.1) is 12.7 Å². The number of halogens is 1. The number of aryl methyl sites for hydroxylation is 2. The molecule has 0 fully saturated rings. The molecule has 2 rings (SSSR count). The highest BCUT2D eigenvalue weighted by Gasteiger charge is 2.18. The molecule has 2 aromatic carbocycles. The van der Waals surface area contributed by atoms with Crippen LogP contribution in [0.15, 0.2) is 36.4 Å². The third kappa shape index (κ3) is 4.73. The minimum atomic E-state index is -0.721. The number of nitrogens with one attached hydrogen (secondary N) is 1. The molecule has 132 valence electrons. The van der Waals surface area contributed by atoms with Gasteiger partial charge in [0.2, 0.25) is 0 Å². The molecule has 0 spiro atoms. The summed E-state index contributed by atoms with van der Waals surface area (Å²) in [5.74, 6) is -0.192. The summed E-state index contributed by atoms with van der Waals surface area (Å²) in [5.41, 5.74) is 2.58. The largest absolute Gasteiger partial charge is 0.481 e. The topological polar surface area (TPSA) is 64.6 Å². The zero-order chi connectivity index (χ0) is 18.6. The second kappa shape index (κ2) is 8.03. The molecule has 0 aliphatic rings. The molecular formula is C19H20ClNO4. The lowest BCUT2D eigenvalue weighted by molar-refractivity contribution is -0.122. The number of esters is 1. The normalized spacial score (nSPS) is 11.6. The van der Waals surface area contributed by atoms with E-state index in [0.717, 1.165) is 11.1 Å². The van der Waals surface area contributed by atoms with Crippen LogP contribution in [-0.4, -0.2) is 25.1 Å². The fraction of sp³-hybridized carbons (Fsp3) is 0.263. The lowest BCUT2D eigenvalue weighted by Gasteiger charge is -2.17. The third-order valence-electron chi connectivity index (χ3n) is 3.73. The number of hydrogen-bond donors (Lipinski definition) is 1. The fourth-order valence-electron chi connectivity index (χ4n) is 2.22. The Morgan fingerprint density at radius 2 is 1.80 bits per heavy atom. The molecule has 1 unspecified atom stereocenters. The van der Waals surface area contributed by atoms with Gasteiger partial charge in [-0.25, -0.2) is 4.79 Å². The maximum atomic E-state index is 12.4. The van der Waals surface area contributed by atoms with Crippen LogP contribution in [-0.2, 0) is 9.53 Å². The van der Waals surface area contributed by atoms with E-state index in [0.29, 0.717) is 22.0 Å². The first kappa shape index (κ1) is 18.8. The summed E-state index contributed by atoms with van der Waals surface area (Å²) in [4.78, 5) is 24.1. The van der Waals surface area contributed by atoms with E-state index < -0.39 is 12.1 Å². The summed E-state index contributed by atoms with van der Waals surface area (Å²) >= 11 is 5.92. The van der Waals surface area contributed by atoms with Gasteiger partial charge in [0.15, 0.2) is 6.10 Å². The molecule has 1 atom stereocenters. The van der Waals surface area contributed by atoms with E-state index in [4.69, 9.17) is 21.1 Å². The molecule has 0 bridgehead atoms. The van der Waals surface area contributed by atoms with E-state index in [9.17, 15) is 9.59 Å². The maximum absolute atomic E-state index is 12.4. The van der Waals surface area contributed by atoms with Crippen molar-refractivity contribution in [3.05, 3.63) is 58.1 Å². The van der Waals surface area contributed by atoms with E-state index in [1.807, 2.05) is 13.8 Å². The average Bonchev–Trinajstić information content (AvgIpc) is 2.58. The summed E-state index contributed by atoms with van der Waals surface area (Å²) in [5, 5.41) is 3.39. The van der Waals surface area contributed by atoms with Gasteiger partial charge in [0.1, 0.15) is 5.75 Å². The average molecular weight is 362 g/mol. The van der Waals surface area contributed by atoms with Gasteiger partial charge in [0.25, 0.3) is 5.91 Å². The minimum Gasteiger partial charge on any atom is -0.481 e. The number of anilines is 1. The molecule has 0 radical (unpaired) electrons. The Balaban J connectivity index is 2.12. The number of benzene rings is 2. The van der Waals surface area contributed by atoms with Crippen LogP contribution in [0.2, 0.25) is 5.02 Å². The molecule has 1 amide bonds. The van der Waals surface area contributed by atoms with Crippen LogP contribution < -0.4 is 10.1 Å². The Kier molecular flexibility index (Phi) is 6.04. The number of amides is 1. The molecule has 6 heteroatoms. The van der Waals surface area contributed by atoms with Gasteiger partial charge >= 0.3 is 5.97 Å². The Hall–Kier alpha value is -2.53. The van der Waals surface area contributed by atoms with Crippen LogP contribution in [0.5, 0.6) is 5.75 Å². The molecule has 0 saturated carbocycles. The summed E-state index contributed by atoms with van der Waals surface area (Å²) in [7, 11) is 1.31. The van der Waals surface area contributed by atoms with E-state index >= 15 is 0 Å². The fourth-order valence-corrected chi connectivity index (χ4v) is 2.45. The van der Waals surface area contributed by atoms with Crippen molar-refractivity contribution in [1.29, 1.82) is 0 Å². The Morgan fingerprint density at radius 1 is 1.08 bits per heavy atom. The predicted molar refractivity (Wildman–Crippen MR) is 97.4 cm³/mol. The molecule has 0 saturated heterocycles. The van der Waals surface area contributed by atoms with Crippen molar-refractivity contribution in [3.8, 4) is 5.75 Å². The van der Waals surface area contributed by atoms with Crippen molar-refractivity contribution in [3.63, 3.8) is 0 Å². The van der Waals surface area contributed by atoms with Crippen LogP contribution in [0, 0.1) is 13.8 Å². The number of rotatable bonds is 5. The van der Waals surface area contributed by atoms with Gasteiger partial charge < -0.3 is 14.8 Å². The molecule has 0 heterocycles. The van der Waals surface area contributed by atoms with Crippen molar-refractivity contribution >= 4 is 29.2 Å². The summed E-state index contributed by atoms with van der Waals surface area (Å²) < 4.78 is 10.4. The minimum absolute atomic E-state index is 0.320. The van der Waals surface area contributed by atoms with Crippen molar-refractivity contribution in [2.45, 2.75) is 26.9 Å². The zero-order valence-corrected chi connectivity index (χ0v) is 15.3. The number of methoxy groups -OCH3 is 1. The van der Waals surface area contributed by atoms with Crippen molar-refractivity contribution < 1.29 is 19.1 Å². The summed E-state index contributed by atoms with van der Waals surface area (Å²) in [6, 6.07) is 10.2. The zero-order valence-electron chi connectivity index (χ0n) is 14.6. The molecule has 0 aromatic heterocycles. The first-order chi connectivity index (χ1) is 11.8. The summed E-state index contributed by atoms with van der Waals surface area (Å²) in [6.07, 6.45) is -0.721. The third-order valence-corrected chi connectivity index (χ3v) is 3.96.